The number of rotatable bonds is 2. The highest BCUT2D eigenvalue weighted by molar-refractivity contribution is 6.09. The minimum Gasteiger partial charge on any atom is -0.454 e. The summed E-state index contributed by atoms with van der Waals surface area (Å²) in [6.07, 6.45) is 3.19. The van der Waals surface area contributed by atoms with Crippen LogP contribution in [-0.2, 0) is 0 Å². The molecule has 0 bridgehead atoms. The van der Waals surface area contributed by atoms with Crippen LogP contribution in [-0.4, -0.2) is 17.1 Å². The van der Waals surface area contributed by atoms with Gasteiger partial charge in [-0.25, -0.2) is 0 Å². The highest BCUT2D eigenvalue weighted by atomic mass is 16.3. The van der Waals surface area contributed by atoms with E-state index in [9.17, 15) is 0 Å². The van der Waals surface area contributed by atoms with E-state index in [-0.39, 0.29) is 6.17 Å². The molecule has 118 valence electrons. The summed E-state index contributed by atoms with van der Waals surface area (Å²) < 4.78 is 37.8. The van der Waals surface area contributed by atoms with E-state index in [1.807, 2.05) is 55.3 Å². The molecule has 0 fully saturated rings. The molecule has 2 aromatic carbocycles. The zero-order chi connectivity index (χ0) is 19.6. The second kappa shape index (κ2) is 5.05. The van der Waals surface area contributed by atoms with Gasteiger partial charge >= 0.3 is 0 Å². The topological polar surface area (TPSA) is 19.6 Å². The zero-order valence-electron chi connectivity index (χ0n) is 17.5. The lowest BCUT2D eigenvalue weighted by molar-refractivity contribution is 0.263. The molecule has 2 atom stereocenters. The molecule has 0 radical (unpaired) electrons. The standard InChI is InChI=1S/C20H22N2O/c1-13(2)21-11-12-22(15(21)4)19-14(3)9-10-17-16-7-5-6-8-18(16)23-20(17)19/h5-13,15H,1-4H3/t15-/m1/s1/i1D3,13D/t13?,15-. The van der Waals surface area contributed by atoms with Crippen molar-refractivity contribution in [2.75, 3.05) is 4.90 Å². The SMILES string of the molecule is [2H]C([2H])([2H])C([2H])(C)N1C=CN(c2c(C)ccc3c2oc2ccccc23)[C@@H]1C. The number of furan rings is 1. The average molecular weight is 310 g/mol. The summed E-state index contributed by atoms with van der Waals surface area (Å²) >= 11 is 0. The Hall–Kier alpha value is -2.42. The van der Waals surface area contributed by atoms with Crippen LogP contribution in [0.1, 0.15) is 31.7 Å². The molecular formula is C20H22N2O. The number of anilines is 1. The van der Waals surface area contributed by atoms with Gasteiger partial charge in [-0.15, -0.1) is 0 Å². The number of nitrogens with zero attached hydrogens (tertiary/aromatic N) is 2. The van der Waals surface area contributed by atoms with Crippen LogP contribution >= 0.6 is 0 Å². The molecule has 1 aliphatic heterocycles. The van der Waals surface area contributed by atoms with E-state index in [1.165, 1.54) is 6.92 Å². The molecule has 23 heavy (non-hydrogen) atoms. The zero-order valence-corrected chi connectivity index (χ0v) is 13.5. The van der Waals surface area contributed by atoms with Crippen molar-refractivity contribution in [2.45, 2.75) is 39.8 Å². The van der Waals surface area contributed by atoms with Crippen LogP contribution in [0.15, 0.2) is 53.2 Å². The third-order valence-corrected chi connectivity index (χ3v) is 4.56. The van der Waals surface area contributed by atoms with Crippen LogP contribution in [0.5, 0.6) is 0 Å². The van der Waals surface area contributed by atoms with E-state index in [0.717, 1.165) is 33.2 Å². The molecule has 0 aliphatic carbocycles. The van der Waals surface area contributed by atoms with Crippen molar-refractivity contribution in [1.29, 1.82) is 0 Å². The Morgan fingerprint density at radius 2 is 2.00 bits per heavy atom. The molecule has 0 spiro atoms. The second-order valence-corrected chi connectivity index (χ2v) is 6.04. The summed E-state index contributed by atoms with van der Waals surface area (Å²) in [5.41, 5.74) is 3.52. The molecule has 0 N–H and O–H groups in total. The van der Waals surface area contributed by atoms with E-state index >= 15 is 0 Å². The Bertz CT molecular complexity index is 1050. The number of hydrogen-bond donors (Lipinski definition) is 0. The Kier molecular flexibility index (Phi) is 2.28. The lowest BCUT2D eigenvalue weighted by Gasteiger charge is -2.33. The predicted octanol–water partition coefficient (Wildman–Crippen LogP) is 5.24. The Morgan fingerprint density at radius 3 is 2.83 bits per heavy atom. The first-order valence-corrected chi connectivity index (χ1v) is 7.79. The van der Waals surface area contributed by atoms with E-state index in [0.29, 0.717) is 0 Å². The Balaban J connectivity index is 1.84. The van der Waals surface area contributed by atoms with E-state index in [4.69, 9.17) is 9.90 Å². The molecule has 3 aromatic rings. The molecule has 1 aliphatic rings. The fraction of sp³-hybridized carbons (Fsp3) is 0.300. The molecule has 0 saturated carbocycles. The second-order valence-electron chi connectivity index (χ2n) is 6.04. The van der Waals surface area contributed by atoms with Crippen LogP contribution in [0.25, 0.3) is 21.9 Å². The number of aryl methyl sites for hydroxylation is 1. The van der Waals surface area contributed by atoms with Gasteiger partial charge < -0.3 is 14.2 Å². The molecule has 3 heteroatoms. The van der Waals surface area contributed by atoms with Crippen molar-refractivity contribution < 1.29 is 9.90 Å². The normalized spacial score (nSPS) is 23.7. The monoisotopic (exact) mass is 310 g/mol. The summed E-state index contributed by atoms with van der Waals surface area (Å²) in [5, 5.41) is 2.07. The maximum absolute atomic E-state index is 8.42. The lowest BCUT2D eigenvalue weighted by Crippen LogP contribution is -2.39. The molecule has 3 nitrogen and oxygen atoms in total. The molecule has 1 unspecified atom stereocenters. The molecule has 1 aromatic heterocycles. The van der Waals surface area contributed by atoms with Crippen molar-refractivity contribution >= 4 is 27.6 Å². The van der Waals surface area contributed by atoms with Gasteiger partial charge in [0.25, 0.3) is 0 Å². The summed E-state index contributed by atoms with van der Waals surface area (Å²) in [6, 6.07) is 10.3. The first-order valence-electron chi connectivity index (χ1n) is 9.79. The van der Waals surface area contributed by atoms with Gasteiger partial charge in [0.2, 0.25) is 0 Å². The number of fused-ring (bicyclic) bond motifs is 3. The molecule has 0 amide bonds. The van der Waals surface area contributed by atoms with Crippen LogP contribution in [0.3, 0.4) is 0 Å². The van der Waals surface area contributed by atoms with E-state index in [1.54, 1.807) is 11.1 Å². The summed E-state index contributed by atoms with van der Waals surface area (Å²) in [6.45, 7) is 2.91. The van der Waals surface area contributed by atoms with Crippen molar-refractivity contribution in [3.8, 4) is 0 Å². The van der Waals surface area contributed by atoms with Gasteiger partial charge in [-0.3, -0.25) is 0 Å². The van der Waals surface area contributed by atoms with E-state index < -0.39 is 12.9 Å². The molecule has 2 heterocycles. The van der Waals surface area contributed by atoms with Crippen molar-refractivity contribution in [3.05, 3.63) is 54.4 Å². The first kappa shape index (κ1) is 10.4. The number of para-hydroxylation sites is 1. The quantitative estimate of drug-likeness (QED) is 0.645. The largest absolute Gasteiger partial charge is 0.454 e. The third kappa shape index (κ3) is 2.03. The van der Waals surface area contributed by atoms with Crippen LogP contribution in [0, 0.1) is 6.92 Å². The molecular weight excluding hydrogens is 284 g/mol. The Morgan fingerprint density at radius 1 is 1.17 bits per heavy atom. The van der Waals surface area contributed by atoms with Gasteiger partial charge in [-0.05, 0) is 39.3 Å². The first-order chi connectivity index (χ1) is 12.6. The lowest BCUT2D eigenvalue weighted by atomic mass is 10.1. The summed E-state index contributed by atoms with van der Waals surface area (Å²) in [4.78, 5) is 3.56. The fourth-order valence-corrected chi connectivity index (χ4v) is 3.37. The fourth-order valence-electron chi connectivity index (χ4n) is 3.37. The number of benzene rings is 2. The third-order valence-electron chi connectivity index (χ3n) is 4.56. The maximum atomic E-state index is 8.42. The van der Waals surface area contributed by atoms with Crippen molar-refractivity contribution in [1.82, 2.24) is 4.90 Å². The summed E-state index contributed by atoms with van der Waals surface area (Å²) in [5.74, 6) is 0. The van der Waals surface area contributed by atoms with Gasteiger partial charge in [0, 0.05) is 33.3 Å². The Labute approximate surface area is 142 Å². The summed E-state index contributed by atoms with van der Waals surface area (Å²) in [7, 11) is 0. The van der Waals surface area contributed by atoms with Gasteiger partial charge in [-0.1, -0.05) is 30.3 Å². The smallest absolute Gasteiger partial charge is 0.159 e. The number of hydrogen-bond acceptors (Lipinski definition) is 3. The van der Waals surface area contributed by atoms with Crippen molar-refractivity contribution in [2.24, 2.45) is 0 Å². The van der Waals surface area contributed by atoms with Gasteiger partial charge in [0.1, 0.15) is 11.7 Å². The van der Waals surface area contributed by atoms with Crippen molar-refractivity contribution in [3.63, 3.8) is 0 Å². The van der Waals surface area contributed by atoms with Gasteiger partial charge in [0.05, 0.1) is 7.06 Å². The van der Waals surface area contributed by atoms with Crippen LogP contribution in [0.2, 0.25) is 0 Å². The molecule has 4 rings (SSSR count). The molecule has 0 saturated heterocycles. The van der Waals surface area contributed by atoms with Crippen LogP contribution < -0.4 is 4.90 Å². The van der Waals surface area contributed by atoms with Gasteiger partial charge in [-0.2, -0.15) is 0 Å². The maximum Gasteiger partial charge on any atom is 0.159 e. The highest BCUT2D eigenvalue weighted by Gasteiger charge is 2.28. The van der Waals surface area contributed by atoms with E-state index in [2.05, 4.69) is 6.07 Å². The minimum atomic E-state index is -2.43. The van der Waals surface area contributed by atoms with Crippen LogP contribution in [0.4, 0.5) is 5.69 Å². The average Bonchev–Trinajstić information content (AvgIpc) is 3.15. The van der Waals surface area contributed by atoms with Gasteiger partial charge in [0.15, 0.2) is 5.58 Å². The highest BCUT2D eigenvalue weighted by Crippen LogP contribution is 2.39. The minimum absolute atomic E-state index is 0.328. The predicted molar refractivity (Wildman–Crippen MR) is 96.5 cm³/mol.